The molecule has 3 nitrogen and oxygen atoms in total. The van der Waals surface area contributed by atoms with Gasteiger partial charge in [-0.05, 0) is 20.8 Å². The molecule has 10 heavy (non-hydrogen) atoms. The summed E-state index contributed by atoms with van der Waals surface area (Å²) in [5, 5.41) is 22.7. The van der Waals surface area contributed by atoms with Crippen LogP contribution in [-0.4, -0.2) is 64.7 Å². The molecule has 1 radical (unpaired) electrons. The van der Waals surface area contributed by atoms with Crippen LogP contribution in [0.1, 0.15) is 20.8 Å². The Hall–Kier alpha value is 0.880. The summed E-state index contributed by atoms with van der Waals surface area (Å²) in [4.78, 5) is 0. The van der Waals surface area contributed by atoms with Gasteiger partial charge in [-0.2, -0.15) is 0 Å². The van der Waals surface area contributed by atoms with Gasteiger partial charge in [-0.1, -0.05) is 0 Å². The predicted molar refractivity (Wildman–Crippen MR) is 44.0 cm³/mol. The minimum atomic E-state index is 0. The molecule has 0 amide bonds. The van der Waals surface area contributed by atoms with Crippen LogP contribution in [0.5, 0.6) is 0 Å². The Bertz CT molecular complexity index is 17.7. The third-order valence-electron chi connectivity index (χ3n) is 0. The Morgan fingerprint density at radius 3 is 0.700 bits per heavy atom. The van der Waals surface area contributed by atoms with Crippen LogP contribution in [-0.2, 0) is 0 Å². The molecule has 3 N–H and O–H groups in total. The van der Waals surface area contributed by atoms with Gasteiger partial charge in [0, 0.05) is 49.4 Å². The first kappa shape index (κ1) is 22.4. The zero-order valence-electron chi connectivity index (χ0n) is 7.46. The molecule has 0 saturated heterocycles. The molecule has 0 atom stereocenters. The average Bonchev–Trinajstić information content (AvgIpc) is 1.70. The minimum absolute atomic E-state index is 0. The van der Waals surface area contributed by atoms with Crippen molar-refractivity contribution < 1.29 is 15.3 Å². The summed E-state index contributed by atoms with van der Waals surface area (Å²) in [6, 6.07) is 0. The van der Waals surface area contributed by atoms with Gasteiger partial charge in [0.1, 0.15) is 0 Å². The van der Waals surface area contributed by atoms with Crippen molar-refractivity contribution in [2.45, 2.75) is 20.8 Å². The van der Waals surface area contributed by atoms with Crippen molar-refractivity contribution in [3.8, 4) is 0 Å². The van der Waals surface area contributed by atoms with E-state index in [1.165, 1.54) is 0 Å². The van der Waals surface area contributed by atoms with Gasteiger partial charge < -0.3 is 15.3 Å². The molecule has 0 heterocycles. The molecule has 0 rings (SSSR count). The van der Waals surface area contributed by atoms with E-state index in [4.69, 9.17) is 15.3 Å². The molecule has 0 unspecified atom stereocenters. The Morgan fingerprint density at radius 1 is 0.700 bits per heavy atom. The summed E-state index contributed by atoms with van der Waals surface area (Å²) >= 11 is 0. The summed E-state index contributed by atoms with van der Waals surface area (Å²) in [7, 11) is 0. The largest absolute Gasteiger partial charge is 0.397 e. The SMILES string of the molecule is CCO.CCO.CCO.[Na]. The summed E-state index contributed by atoms with van der Waals surface area (Å²) < 4.78 is 0. The molecule has 0 aromatic carbocycles. The van der Waals surface area contributed by atoms with E-state index in [2.05, 4.69) is 0 Å². The third-order valence-corrected chi connectivity index (χ3v) is 0. The van der Waals surface area contributed by atoms with E-state index in [0.717, 1.165) is 0 Å². The minimum Gasteiger partial charge on any atom is -0.397 e. The van der Waals surface area contributed by atoms with Gasteiger partial charge in [0.05, 0.1) is 0 Å². The van der Waals surface area contributed by atoms with Crippen molar-refractivity contribution in [3.05, 3.63) is 0 Å². The van der Waals surface area contributed by atoms with E-state index in [0.29, 0.717) is 0 Å². The van der Waals surface area contributed by atoms with Crippen molar-refractivity contribution in [2.24, 2.45) is 0 Å². The van der Waals surface area contributed by atoms with Crippen LogP contribution in [0, 0.1) is 0 Å². The van der Waals surface area contributed by atoms with Crippen molar-refractivity contribution in [3.63, 3.8) is 0 Å². The maximum atomic E-state index is 7.57. The van der Waals surface area contributed by atoms with Gasteiger partial charge in [-0.3, -0.25) is 0 Å². The third kappa shape index (κ3) is 712. The molecule has 0 aromatic heterocycles. The summed E-state index contributed by atoms with van der Waals surface area (Å²) in [5.41, 5.74) is 0. The number of hydrogen-bond donors (Lipinski definition) is 3. The van der Waals surface area contributed by atoms with E-state index in [9.17, 15) is 0 Å². The summed E-state index contributed by atoms with van der Waals surface area (Å²) in [6.07, 6.45) is 0. The molecule has 0 aromatic rings. The summed E-state index contributed by atoms with van der Waals surface area (Å²) in [5.74, 6) is 0. The Labute approximate surface area is 85.4 Å². The van der Waals surface area contributed by atoms with Gasteiger partial charge in [-0.25, -0.2) is 0 Å². The standard InChI is InChI=1S/3C2H6O.Na/c3*1-2-3;/h3*3H,2H2,1H3;. The second-order valence-electron chi connectivity index (χ2n) is 0.949. The fourth-order valence-electron chi connectivity index (χ4n) is 0. The first-order chi connectivity index (χ1) is 4.24. The van der Waals surface area contributed by atoms with Crippen LogP contribution >= 0.6 is 0 Å². The second kappa shape index (κ2) is 51.8. The quantitative estimate of drug-likeness (QED) is 0.424. The van der Waals surface area contributed by atoms with Gasteiger partial charge in [0.2, 0.25) is 0 Å². The maximum Gasteiger partial charge on any atom is 0.0402 e. The smallest absolute Gasteiger partial charge is 0.0402 e. The molecule has 0 spiro atoms. The van der Waals surface area contributed by atoms with Crippen LogP contribution in [0.4, 0.5) is 0 Å². The predicted octanol–water partition coefficient (Wildman–Crippen LogP) is -0.385. The molecular weight excluding hydrogens is 143 g/mol. The molecule has 0 aliphatic rings. The van der Waals surface area contributed by atoms with Crippen molar-refractivity contribution >= 4 is 29.6 Å². The van der Waals surface area contributed by atoms with Gasteiger partial charge in [-0.15, -0.1) is 0 Å². The number of hydrogen-bond acceptors (Lipinski definition) is 3. The monoisotopic (exact) mass is 161 g/mol. The molecule has 0 aliphatic heterocycles. The zero-order chi connectivity index (χ0) is 8.12. The van der Waals surface area contributed by atoms with E-state index >= 15 is 0 Å². The molecule has 0 aliphatic carbocycles. The fraction of sp³-hybridized carbons (Fsp3) is 1.00. The number of aliphatic hydroxyl groups is 3. The average molecular weight is 161 g/mol. The van der Waals surface area contributed by atoms with Crippen LogP contribution in [0.3, 0.4) is 0 Å². The molecule has 0 bridgehead atoms. The van der Waals surface area contributed by atoms with E-state index in [-0.39, 0.29) is 49.4 Å². The van der Waals surface area contributed by atoms with Crippen molar-refractivity contribution in [2.75, 3.05) is 19.8 Å². The first-order valence-corrected chi connectivity index (χ1v) is 3.07. The van der Waals surface area contributed by atoms with Crippen LogP contribution in [0.2, 0.25) is 0 Å². The van der Waals surface area contributed by atoms with Crippen LogP contribution < -0.4 is 0 Å². The Morgan fingerprint density at radius 2 is 0.700 bits per heavy atom. The van der Waals surface area contributed by atoms with Crippen molar-refractivity contribution in [1.29, 1.82) is 0 Å². The molecular formula is C6H18NaO3. The molecule has 61 valence electrons. The second-order valence-corrected chi connectivity index (χ2v) is 0.949. The maximum absolute atomic E-state index is 7.57. The van der Waals surface area contributed by atoms with Gasteiger partial charge >= 0.3 is 0 Å². The van der Waals surface area contributed by atoms with Gasteiger partial charge in [0.25, 0.3) is 0 Å². The zero-order valence-corrected chi connectivity index (χ0v) is 9.46. The van der Waals surface area contributed by atoms with E-state index in [1.807, 2.05) is 0 Å². The Kier molecular flexibility index (Phi) is 116. The van der Waals surface area contributed by atoms with Crippen LogP contribution in [0.15, 0.2) is 0 Å². The van der Waals surface area contributed by atoms with Crippen molar-refractivity contribution in [1.82, 2.24) is 0 Å². The normalized spacial score (nSPS) is 5.40. The molecule has 4 heteroatoms. The van der Waals surface area contributed by atoms with Crippen LogP contribution in [0.25, 0.3) is 0 Å². The fourth-order valence-corrected chi connectivity index (χ4v) is 0. The van der Waals surface area contributed by atoms with E-state index in [1.54, 1.807) is 20.8 Å². The number of rotatable bonds is 0. The number of aliphatic hydroxyl groups excluding tert-OH is 3. The molecule has 0 saturated carbocycles. The van der Waals surface area contributed by atoms with Gasteiger partial charge in [0.15, 0.2) is 0 Å². The Balaban J connectivity index is -0.0000000257. The summed E-state index contributed by atoms with van der Waals surface area (Å²) in [6.45, 7) is 5.79. The molecule has 0 fully saturated rings. The van der Waals surface area contributed by atoms with E-state index < -0.39 is 0 Å². The topological polar surface area (TPSA) is 60.7 Å². The first-order valence-electron chi connectivity index (χ1n) is 3.07.